The summed E-state index contributed by atoms with van der Waals surface area (Å²) in [5, 5.41) is 8.46. The van der Waals surface area contributed by atoms with Crippen LogP contribution in [0.25, 0.3) is 11.1 Å². The maximum absolute atomic E-state index is 13.9. The van der Waals surface area contributed by atoms with E-state index in [1.165, 1.54) is 18.3 Å². The summed E-state index contributed by atoms with van der Waals surface area (Å²) >= 11 is 0. The van der Waals surface area contributed by atoms with Crippen molar-refractivity contribution >= 4 is 5.97 Å². The first-order valence-corrected chi connectivity index (χ1v) is 6.43. The molecule has 1 aromatic heterocycles. The number of hydrogen-bond donors (Lipinski definition) is 1. The largest absolute Gasteiger partial charge is 0.488 e. The number of nitrogens with zero attached hydrogens (tertiary/aromatic N) is 1. The second-order valence-corrected chi connectivity index (χ2v) is 4.46. The molecule has 0 radical (unpaired) electrons. The highest BCUT2D eigenvalue weighted by atomic mass is 19.1. The van der Waals surface area contributed by atoms with Crippen molar-refractivity contribution in [3.05, 3.63) is 48.0 Å². The molecular formula is C15H12F3NO3. The molecule has 7 heteroatoms. The molecule has 0 saturated carbocycles. The third-order valence-corrected chi connectivity index (χ3v) is 2.85. The molecule has 4 nitrogen and oxygen atoms in total. The first kappa shape index (κ1) is 15.8. The fourth-order valence-corrected chi connectivity index (χ4v) is 1.85. The zero-order valence-corrected chi connectivity index (χ0v) is 11.4. The number of carbonyl (C=O) groups is 1. The smallest absolute Gasteiger partial charge is 0.303 e. The highest BCUT2D eigenvalue weighted by Gasteiger charge is 2.15. The molecule has 1 heterocycles. The standard InChI is InChI=1S/C15H12F3NO3/c16-11-7-9(10-3-1-5-19-15(10)18)8-12(17)14(11)22-6-2-4-13(20)21/h1,3,5,7-8H,2,4,6H2,(H,20,21). The minimum Gasteiger partial charge on any atom is -0.488 e. The molecule has 0 aliphatic rings. The summed E-state index contributed by atoms with van der Waals surface area (Å²) in [6.07, 6.45) is 1.18. The van der Waals surface area contributed by atoms with Gasteiger partial charge in [0.1, 0.15) is 0 Å². The monoisotopic (exact) mass is 311 g/mol. The Hall–Kier alpha value is -2.57. The Morgan fingerprint density at radius 2 is 1.91 bits per heavy atom. The van der Waals surface area contributed by atoms with E-state index in [9.17, 15) is 18.0 Å². The molecule has 0 bridgehead atoms. The zero-order valence-electron chi connectivity index (χ0n) is 11.4. The zero-order chi connectivity index (χ0) is 16.1. The molecule has 1 aromatic carbocycles. The van der Waals surface area contributed by atoms with Crippen LogP contribution < -0.4 is 4.74 Å². The van der Waals surface area contributed by atoms with Gasteiger partial charge in [-0.1, -0.05) is 0 Å². The van der Waals surface area contributed by atoms with E-state index in [0.29, 0.717) is 0 Å². The van der Waals surface area contributed by atoms with Crippen molar-refractivity contribution in [2.45, 2.75) is 12.8 Å². The van der Waals surface area contributed by atoms with Crippen LogP contribution in [0.4, 0.5) is 13.2 Å². The molecule has 0 aliphatic heterocycles. The van der Waals surface area contributed by atoms with Gasteiger partial charge in [0.25, 0.3) is 0 Å². The van der Waals surface area contributed by atoms with Crippen molar-refractivity contribution < 1.29 is 27.8 Å². The van der Waals surface area contributed by atoms with Crippen LogP contribution in [0.3, 0.4) is 0 Å². The summed E-state index contributed by atoms with van der Waals surface area (Å²) in [5.74, 6) is -4.45. The third-order valence-electron chi connectivity index (χ3n) is 2.85. The summed E-state index contributed by atoms with van der Waals surface area (Å²) in [6, 6.07) is 4.68. The van der Waals surface area contributed by atoms with Crippen LogP contribution in [-0.2, 0) is 4.79 Å². The van der Waals surface area contributed by atoms with Gasteiger partial charge in [-0.05, 0) is 36.2 Å². The van der Waals surface area contributed by atoms with Crippen LogP contribution in [0, 0.1) is 17.6 Å². The molecule has 0 atom stereocenters. The van der Waals surface area contributed by atoms with Gasteiger partial charge in [0, 0.05) is 18.2 Å². The normalized spacial score (nSPS) is 10.5. The molecule has 2 aromatic rings. The van der Waals surface area contributed by atoms with E-state index in [0.717, 1.165) is 12.1 Å². The second kappa shape index (κ2) is 6.93. The summed E-state index contributed by atoms with van der Waals surface area (Å²) in [4.78, 5) is 13.7. The molecule has 1 N–H and O–H groups in total. The molecule has 0 fully saturated rings. The summed E-state index contributed by atoms with van der Waals surface area (Å²) in [6.45, 7) is -0.138. The predicted octanol–water partition coefficient (Wildman–Crippen LogP) is 3.41. The molecule has 0 spiro atoms. The lowest BCUT2D eigenvalue weighted by molar-refractivity contribution is -0.137. The van der Waals surface area contributed by atoms with Gasteiger partial charge in [0.15, 0.2) is 17.4 Å². The fourth-order valence-electron chi connectivity index (χ4n) is 1.85. The van der Waals surface area contributed by atoms with Gasteiger partial charge in [-0.3, -0.25) is 4.79 Å². The van der Waals surface area contributed by atoms with Crippen LogP contribution in [0.1, 0.15) is 12.8 Å². The number of rotatable bonds is 6. The van der Waals surface area contributed by atoms with E-state index in [1.54, 1.807) is 0 Å². The summed E-state index contributed by atoms with van der Waals surface area (Å²) in [7, 11) is 0. The van der Waals surface area contributed by atoms with Crippen molar-refractivity contribution in [3.63, 3.8) is 0 Å². The number of halogens is 3. The van der Waals surface area contributed by atoms with Crippen LogP contribution in [0.2, 0.25) is 0 Å². The van der Waals surface area contributed by atoms with E-state index in [2.05, 4.69) is 4.98 Å². The SMILES string of the molecule is O=C(O)CCCOc1c(F)cc(-c2cccnc2F)cc1F. The first-order chi connectivity index (χ1) is 10.5. The Bertz CT molecular complexity index is 668. The lowest BCUT2D eigenvalue weighted by Crippen LogP contribution is -2.05. The van der Waals surface area contributed by atoms with Gasteiger partial charge >= 0.3 is 5.97 Å². The van der Waals surface area contributed by atoms with Crippen molar-refractivity contribution in [2.75, 3.05) is 6.61 Å². The number of aromatic nitrogens is 1. The molecule has 2 rings (SSSR count). The number of pyridine rings is 1. The average molecular weight is 311 g/mol. The topological polar surface area (TPSA) is 59.4 Å². The van der Waals surface area contributed by atoms with Crippen molar-refractivity contribution in [1.82, 2.24) is 4.98 Å². The van der Waals surface area contributed by atoms with Gasteiger partial charge in [0.05, 0.1) is 6.61 Å². The number of carboxylic acids is 1. The predicted molar refractivity (Wildman–Crippen MR) is 71.9 cm³/mol. The molecule has 22 heavy (non-hydrogen) atoms. The maximum atomic E-state index is 13.9. The van der Waals surface area contributed by atoms with Crippen LogP contribution in [0.5, 0.6) is 5.75 Å². The molecular weight excluding hydrogens is 299 g/mol. The Morgan fingerprint density at radius 3 is 2.50 bits per heavy atom. The Labute approximate surface area is 124 Å². The maximum Gasteiger partial charge on any atom is 0.303 e. The van der Waals surface area contributed by atoms with E-state index < -0.39 is 29.3 Å². The van der Waals surface area contributed by atoms with E-state index in [-0.39, 0.29) is 30.6 Å². The number of carboxylic acid groups (broad SMARTS) is 1. The highest BCUT2D eigenvalue weighted by Crippen LogP contribution is 2.29. The lowest BCUT2D eigenvalue weighted by Gasteiger charge is -2.10. The molecule has 0 amide bonds. The van der Waals surface area contributed by atoms with Crippen LogP contribution in [0.15, 0.2) is 30.5 Å². The van der Waals surface area contributed by atoms with Gasteiger partial charge in [-0.15, -0.1) is 0 Å². The van der Waals surface area contributed by atoms with E-state index in [1.807, 2.05) is 0 Å². The summed E-state index contributed by atoms with van der Waals surface area (Å²) < 4.78 is 46.2. The molecule has 0 saturated heterocycles. The van der Waals surface area contributed by atoms with Gasteiger partial charge in [-0.2, -0.15) is 4.39 Å². The van der Waals surface area contributed by atoms with E-state index in [4.69, 9.17) is 9.84 Å². The second-order valence-electron chi connectivity index (χ2n) is 4.46. The fraction of sp³-hybridized carbons (Fsp3) is 0.200. The first-order valence-electron chi connectivity index (χ1n) is 6.43. The Morgan fingerprint density at radius 1 is 1.23 bits per heavy atom. The summed E-state index contributed by atoms with van der Waals surface area (Å²) in [5.41, 5.74) is -0.0313. The van der Waals surface area contributed by atoms with Crippen molar-refractivity contribution in [1.29, 1.82) is 0 Å². The highest BCUT2D eigenvalue weighted by molar-refractivity contribution is 5.66. The number of benzene rings is 1. The average Bonchev–Trinajstić information content (AvgIpc) is 2.45. The minimum absolute atomic E-state index is 0.00140. The molecule has 116 valence electrons. The minimum atomic E-state index is -1.02. The molecule has 0 unspecified atom stereocenters. The van der Waals surface area contributed by atoms with Crippen LogP contribution in [-0.4, -0.2) is 22.7 Å². The Balaban J connectivity index is 2.18. The number of hydrogen-bond acceptors (Lipinski definition) is 3. The van der Waals surface area contributed by atoms with Gasteiger partial charge < -0.3 is 9.84 Å². The lowest BCUT2D eigenvalue weighted by atomic mass is 10.1. The van der Waals surface area contributed by atoms with Crippen molar-refractivity contribution in [3.8, 4) is 16.9 Å². The molecule has 0 aliphatic carbocycles. The van der Waals surface area contributed by atoms with Gasteiger partial charge in [-0.25, -0.2) is 13.8 Å². The van der Waals surface area contributed by atoms with E-state index >= 15 is 0 Å². The van der Waals surface area contributed by atoms with Crippen LogP contribution >= 0.6 is 0 Å². The number of aliphatic carboxylic acids is 1. The van der Waals surface area contributed by atoms with Gasteiger partial charge in [0.2, 0.25) is 5.95 Å². The third kappa shape index (κ3) is 3.75. The number of ether oxygens (including phenoxy) is 1. The van der Waals surface area contributed by atoms with Crippen molar-refractivity contribution in [2.24, 2.45) is 0 Å². The quantitative estimate of drug-likeness (QED) is 0.656. The Kier molecular flexibility index (Phi) is 4.98.